The molecule has 0 spiro atoms. The molecule has 0 amide bonds. The Hall–Kier alpha value is -2.48. The number of aryl methyl sites for hydroxylation is 1. The number of phenols is 1. The second-order valence-corrected chi connectivity index (χ2v) is 4.49. The third-order valence-corrected chi connectivity index (χ3v) is 3.02. The second kappa shape index (κ2) is 6.31. The van der Waals surface area contributed by atoms with Crippen molar-refractivity contribution in [1.82, 2.24) is 14.9 Å². The molecule has 112 valence electrons. The molecule has 0 unspecified atom stereocenters. The van der Waals surface area contributed by atoms with Gasteiger partial charge in [-0.15, -0.1) is 10.2 Å². The van der Waals surface area contributed by atoms with Crippen LogP contribution in [-0.2, 0) is 6.42 Å². The lowest BCUT2D eigenvalue weighted by Crippen LogP contribution is -2.14. The second-order valence-electron chi connectivity index (χ2n) is 4.09. The van der Waals surface area contributed by atoms with Crippen molar-refractivity contribution >= 4 is 23.8 Å². The Morgan fingerprint density at radius 3 is 2.90 bits per heavy atom. The summed E-state index contributed by atoms with van der Waals surface area (Å²) in [6.45, 7) is 1.92. The number of hydrazone groups is 1. The normalized spacial score (nSPS) is 11.0. The number of ether oxygens (including phenoxy) is 1. The van der Waals surface area contributed by atoms with Crippen LogP contribution in [0.1, 0.15) is 18.3 Å². The average molecular weight is 311 g/mol. The fraction of sp³-hybridized carbons (Fsp3) is 0.250. The van der Waals surface area contributed by atoms with Crippen molar-refractivity contribution in [2.45, 2.75) is 13.3 Å². The van der Waals surface area contributed by atoms with E-state index in [4.69, 9.17) is 22.2 Å². The topological polar surface area (TPSA) is 111 Å². The average Bonchev–Trinajstić information content (AvgIpc) is 2.83. The predicted molar refractivity (Wildman–Crippen MR) is 80.4 cm³/mol. The monoisotopic (exact) mass is 310 g/mol. The number of anilines is 1. The maximum atomic E-state index is 9.64. The molecule has 2 aromatic rings. The molecule has 2 rings (SSSR count). The summed E-state index contributed by atoms with van der Waals surface area (Å²) in [5.74, 6) is 6.87. The Kier molecular flexibility index (Phi) is 4.49. The van der Waals surface area contributed by atoms with E-state index in [1.165, 1.54) is 18.0 Å². The van der Waals surface area contributed by atoms with Crippen LogP contribution in [0, 0.1) is 0 Å². The first kappa shape index (κ1) is 14.9. The van der Waals surface area contributed by atoms with Crippen LogP contribution in [0.25, 0.3) is 0 Å². The van der Waals surface area contributed by atoms with Crippen LogP contribution < -0.4 is 16.0 Å². The number of rotatable bonds is 5. The van der Waals surface area contributed by atoms with Crippen LogP contribution >= 0.6 is 11.6 Å². The zero-order chi connectivity index (χ0) is 15.4. The molecule has 9 heteroatoms. The van der Waals surface area contributed by atoms with Crippen LogP contribution in [0.2, 0.25) is 5.02 Å². The predicted octanol–water partition coefficient (Wildman–Crippen LogP) is 1.37. The van der Waals surface area contributed by atoms with Gasteiger partial charge in [0.2, 0.25) is 0 Å². The summed E-state index contributed by atoms with van der Waals surface area (Å²) < 4.78 is 6.33. The maximum absolute atomic E-state index is 9.64. The Morgan fingerprint density at radius 2 is 2.29 bits per heavy atom. The number of hydrogen-bond donors (Lipinski definition) is 3. The van der Waals surface area contributed by atoms with Crippen molar-refractivity contribution in [1.29, 1.82) is 0 Å². The van der Waals surface area contributed by atoms with E-state index in [0.29, 0.717) is 23.8 Å². The molecule has 0 saturated heterocycles. The van der Waals surface area contributed by atoms with Crippen molar-refractivity contribution in [3.63, 3.8) is 0 Å². The lowest BCUT2D eigenvalue weighted by Gasteiger charge is -2.06. The smallest absolute Gasteiger partial charge is 0.263 e. The lowest BCUT2D eigenvalue weighted by atomic mass is 10.2. The molecule has 0 saturated carbocycles. The third-order valence-electron chi connectivity index (χ3n) is 2.73. The van der Waals surface area contributed by atoms with Crippen LogP contribution in [0.5, 0.6) is 11.5 Å². The summed E-state index contributed by atoms with van der Waals surface area (Å²) in [5, 5.41) is 21.5. The van der Waals surface area contributed by atoms with E-state index in [-0.39, 0.29) is 16.5 Å². The zero-order valence-electron chi connectivity index (χ0n) is 11.5. The summed E-state index contributed by atoms with van der Waals surface area (Å²) in [7, 11) is 1.44. The number of aromatic hydroxyl groups is 1. The van der Waals surface area contributed by atoms with Crippen molar-refractivity contribution in [2.24, 2.45) is 5.10 Å². The van der Waals surface area contributed by atoms with Crippen LogP contribution in [0.15, 0.2) is 17.2 Å². The molecule has 0 aliphatic heterocycles. The van der Waals surface area contributed by atoms with Gasteiger partial charge in [0.1, 0.15) is 0 Å². The number of benzene rings is 1. The summed E-state index contributed by atoms with van der Waals surface area (Å²) in [6.07, 6.45) is 2.16. The van der Waals surface area contributed by atoms with Crippen LogP contribution in [0.4, 0.5) is 5.95 Å². The van der Waals surface area contributed by atoms with Crippen molar-refractivity contribution < 1.29 is 9.84 Å². The summed E-state index contributed by atoms with van der Waals surface area (Å²) in [4.78, 5) is 0. The molecule has 21 heavy (non-hydrogen) atoms. The molecule has 8 nitrogen and oxygen atoms in total. The van der Waals surface area contributed by atoms with Gasteiger partial charge in [-0.2, -0.15) is 5.10 Å². The lowest BCUT2D eigenvalue weighted by molar-refractivity contribution is 0.373. The highest BCUT2D eigenvalue weighted by molar-refractivity contribution is 6.32. The molecular formula is C12H15ClN6O2. The fourth-order valence-corrected chi connectivity index (χ4v) is 1.85. The summed E-state index contributed by atoms with van der Waals surface area (Å²) in [6, 6.07) is 3.15. The molecule has 1 aromatic carbocycles. The van der Waals surface area contributed by atoms with Gasteiger partial charge in [-0.1, -0.05) is 18.5 Å². The summed E-state index contributed by atoms with van der Waals surface area (Å²) in [5.41, 5.74) is 3.31. The van der Waals surface area contributed by atoms with E-state index >= 15 is 0 Å². The molecule has 0 fully saturated rings. The molecule has 0 atom stereocenters. The Morgan fingerprint density at radius 1 is 1.52 bits per heavy atom. The van der Waals surface area contributed by atoms with Gasteiger partial charge < -0.3 is 15.7 Å². The van der Waals surface area contributed by atoms with E-state index in [1.807, 2.05) is 6.92 Å². The number of nitrogens with two attached hydrogens (primary N) is 1. The molecule has 0 radical (unpaired) electrons. The molecule has 4 N–H and O–H groups in total. The molecule has 0 aliphatic rings. The minimum atomic E-state index is -0.112. The number of aromatic nitrogens is 3. The van der Waals surface area contributed by atoms with Gasteiger partial charge in [0.15, 0.2) is 17.3 Å². The molecule has 1 heterocycles. The van der Waals surface area contributed by atoms with Gasteiger partial charge >= 0.3 is 0 Å². The van der Waals surface area contributed by atoms with E-state index in [0.717, 1.165) is 0 Å². The first-order valence-electron chi connectivity index (χ1n) is 6.11. The quantitative estimate of drug-likeness (QED) is 0.437. The highest BCUT2D eigenvalue weighted by atomic mass is 35.5. The first-order chi connectivity index (χ1) is 10.1. The van der Waals surface area contributed by atoms with Gasteiger partial charge in [-0.05, 0) is 17.7 Å². The largest absolute Gasteiger partial charge is 0.503 e. The fourth-order valence-electron chi connectivity index (χ4n) is 1.63. The van der Waals surface area contributed by atoms with E-state index < -0.39 is 0 Å². The Balaban J connectivity index is 2.14. The number of nitrogens with one attached hydrogen (secondary N) is 1. The first-order valence-corrected chi connectivity index (χ1v) is 6.49. The van der Waals surface area contributed by atoms with E-state index in [1.54, 1.807) is 12.1 Å². The number of phenolic OH excluding ortho intramolecular Hbond substituents is 1. The van der Waals surface area contributed by atoms with Gasteiger partial charge in [0.25, 0.3) is 5.95 Å². The molecule has 1 aromatic heterocycles. The zero-order valence-corrected chi connectivity index (χ0v) is 12.3. The highest BCUT2D eigenvalue weighted by Crippen LogP contribution is 2.34. The Labute approximate surface area is 126 Å². The van der Waals surface area contributed by atoms with Crippen LogP contribution in [-0.4, -0.2) is 33.3 Å². The Bertz CT molecular complexity index is 670. The minimum absolute atomic E-state index is 0.112. The molecular weight excluding hydrogens is 296 g/mol. The van der Waals surface area contributed by atoms with Gasteiger partial charge in [-0.25, -0.2) is 10.1 Å². The molecule has 0 aliphatic carbocycles. The van der Waals surface area contributed by atoms with Crippen molar-refractivity contribution in [3.8, 4) is 11.5 Å². The van der Waals surface area contributed by atoms with Crippen LogP contribution in [0.3, 0.4) is 0 Å². The van der Waals surface area contributed by atoms with Gasteiger partial charge in [0, 0.05) is 6.42 Å². The SMILES string of the molecule is CCc1nnc(N/N=C/c2cc(Cl)c(O)c(OC)c2)n1N. The number of hydrogen-bond acceptors (Lipinski definition) is 7. The van der Waals surface area contributed by atoms with Gasteiger partial charge in [-0.3, -0.25) is 0 Å². The highest BCUT2D eigenvalue weighted by Gasteiger charge is 2.08. The number of halogens is 1. The van der Waals surface area contributed by atoms with Crippen molar-refractivity contribution in [2.75, 3.05) is 18.4 Å². The number of nitrogens with zero attached hydrogens (tertiary/aromatic N) is 4. The van der Waals surface area contributed by atoms with Crippen molar-refractivity contribution in [3.05, 3.63) is 28.5 Å². The summed E-state index contributed by atoms with van der Waals surface area (Å²) >= 11 is 5.88. The number of methoxy groups -OCH3 is 1. The van der Waals surface area contributed by atoms with Gasteiger partial charge in [0.05, 0.1) is 18.3 Å². The standard InChI is InChI=1S/C12H15ClN6O2/c1-3-10-16-18-12(19(10)14)17-15-6-7-4-8(13)11(20)9(5-7)21-2/h4-6,20H,3,14H2,1-2H3,(H,17,18)/b15-6+. The maximum Gasteiger partial charge on any atom is 0.263 e. The van der Waals surface area contributed by atoms with E-state index in [2.05, 4.69) is 20.7 Å². The number of nitrogen functional groups attached to an aromatic ring is 1. The minimum Gasteiger partial charge on any atom is -0.503 e. The molecule has 0 bridgehead atoms. The van der Waals surface area contributed by atoms with E-state index in [9.17, 15) is 5.11 Å². The third kappa shape index (κ3) is 3.16.